The van der Waals surface area contributed by atoms with Crippen molar-refractivity contribution >= 4 is 23.6 Å². The van der Waals surface area contributed by atoms with Crippen molar-refractivity contribution in [2.24, 2.45) is 0 Å². The summed E-state index contributed by atoms with van der Waals surface area (Å²) in [5.74, 6) is 1.21. The molecular weight excluding hydrogens is 599 g/mol. The van der Waals surface area contributed by atoms with Crippen molar-refractivity contribution in [2.45, 2.75) is 56.9 Å². The van der Waals surface area contributed by atoms with Gasteiger partial charge in [-0.2, -0.15) is 13.2 Å². The average molecular weight is 636 g/mol. The molecule has 5 rings (SSSR count). The van der Waals surface area contributed by atoms with Gasteiger partial charge in [-0.15, -0.1) is 10.2 Å². The number of unbranched alkanes of at least 4 members (excludes halogenated alkanes) is 1. The molecule has 4 aromatic rings. The van der Waals surface area contributed by atoms with Crippen molar-refractivity contribution < 1.29 is 22.8 Å². The van der Waals surface area contributed by atoms with E-state index in [1.807, 2.05) is 37.3 Å². The third-order valence-corrected chi connectivity index (χ3v) is 8.97. The number of carbonyl (C=O) groups is 2. The highest BCUT2D eigenvalue weighted by Gasteiger charge is 2.33. The van der Waals surface area contributed by atoms with Crippen LogP contribution in [0.2, 0.25) is 0 Å². The normalized spacial score (nSPS) is 15.4. The highest BCUT2D eigenvalue weighted by molar-refractivity contribution is 7.99. The Kier molecular flexibility index (Phi) is 10.3. The minimum Gasteiger partial charge on any atom is -0.339 e. The minimum absolute atomic E-state index is 0.000560. The van der Waals surface area contributed by atoms with Gasteiger partial charge in [-0.25, -0.2) is 0 Å². The van der Waals surface area contributed by atoms with E-state index in [4.69, 9.17) is 0 Å². The Morgan fingerprint density at radius 3 is 2.42 bits per heavy atom. The molecule has 1 atom stereocenters. The first-order valence-corrected chi connectivity index (χ1v) is 16.0. The molecule has 2 amide bonds. The van der Waals surface area contributed by atoms with E-state index in [0.29, 0.717) is 32.4 Å². The van der Waals surface area contributed by atoms with E-state index in [9.17, 15) is 22.8 Å². The van der Waals surface area contributed by atoms with Crippen molar-refractivity contribution in [3.8, 4) is 5.69 Å². The maximum absolute atomic E-state index is 13.1. The number of para-hydroxylation sites is 1. The van der Waals surface area contributed by atoms with Crippen molar-refractivity contribution in [1.82, 2.24) is 24.6 Å². The number of amides is 2. The summed E-state index contributed by atoms with van der Waals surface area (Å²) in [6.45, 7) is 4.87. The molecule has 7 nitrogen and oxygen atoms in total. The number of alkyl halides is 3. The first-order valence-electron chi connectivity index (χ1n) is 15.0. The predicted octanol–water partition coefficient (Wildman–Crippen LogP) is 6.82. The molecule has 0 N–H and O–H groups in total. The third-order valence-electron chi connectivity index (χ3n) is 7.96. The zero-order valence-electron chi connectivity index (χ0n) is 25.3. The van der Waals surface area contributed by atoms with E-state index in [1.54, 1.807) is 21.6 Å². The molecule has 45 heavy (non-hydrogen) atoms. The standard InChI is InChI=1S/C34H36F3N5O2S/c1-24-11-6-7-16-29(24)42-30(21-26-12-4-3-5-13-26)38-39-33(42)45-20-9-8-17-31(43)40-18-19-41(25(2)23-40)32(44)27-14-10-15-28(22-27)34(35,36)37/h3-7,10-16,22,25H,8-9,17-21,23H2,1-2H3. The highest BCUT2D eigenvalue weighted by Crippen LogP contribution is 2.30. The predicted molar refractivity (Wildman–Crippen MR) is 168 cm³/mol. The number of benzene rings is 3. The second-order valence-corrected chi connectivity index (χ2v) is 12.3. The van der Waals surface area contributed by atoms with Crippen LogP contribution in [0.4, 0.5) is 13.2 Å². The maximum atomic E-state index is 13.1. The summed E-state index contributed by atoms with van der Waals surface area (Å²) < 4.78 is 41.5. The number of aromatic nitrogens is 3. The van der Waals surface area contributed by atoms with Crippen LogP contribution < -0.4 is 0 Å². The first kappa shape index (κ1) is 32.3. The first-order chi connectivity index (χ1) is 21.6. The zero-order chi connectivity index (χ0) is 32.0. The lowest BCUT2D eigenvalue weighted by atomic mass is 10.1. The van der Waals surface area contributed by atoms with E-state index in [2.05, 4.69) is 46.0 Å². The van der Waals surface area contributed by atoms with Gasteiger partial charge in [0.25, 0.3) is 5.91 Å². The van der Waals surface area contributed by atoms with Gasteiger partial charge in [-0.1, -0.05) is 66.4 Å². The van der Waals surface area contributed by atoms with Gasteiger partial charge in [0.15, 0.2) is 5.16 Å². The summed E-state index contributed by atoms with van der Waals surface area (Å²) in [6, 6.07) is 22.5. The Labute approximate surface area is 265 Å². The summed E-state index contributed by atoms with van der Waals surface area (Å²) >= 11 is 1.62. The molecule has 1 unspecified atom stereocenters. The molecule has 0 spiro atoms. The van der Waals surface area contributed by atoms with Crippen molar-refractivity contribution in [1.29, 1.82) is 0 Å². The van der Waals surface area contributed by atoms with Crippen molar-refractivity contribution in [2.75, 3.05) is 25.4 Å². The lowest BCUT2D eigenvalue weighted by molar-refractivity contribution is -0.137. The summed E-state index contributed by atoms with van der Waals surface area (Å²) in [5, 5.41) is 9.86. The van der Waals surface area contributed by atoms with Gasteiger partial charge in [-0.3, -0.25) is 14.2 Å². The zero-order valence-corrected chi connectivity index (χ0v) is 26.2. The van der Waals surface area contributed by atoms with Gasteiger partial charge in [0, 0.05) is 49.8 Å². The molecular formula is C34H36F3N5O2S. The Balaban J connectivity index is 1.12. The summed E-state index contributed by atoms with van der Waals surface area (Å²) in [7, 11) is 0. The van der Waals surface area contributed by atoms with Gasteiger partial charge in [-0.05, 0) is 62.1 Å². The lowest BCUT2D eigenvalue weighted by Gasteiger charge is -2.40. The number of thioether (sulfide) groups is 1. The van der Waals surface area contributed by atoms with Crippen LogP contribution in [0.25, 0.3) is 5.69 Å². The van der Waals surface area contributed by atoms with Crippen LogP contribution in [0.15, 0.2) is 84.0 Å². The number of rotatable bonds is 10. The molecule has 0 aliphatic carbocycles. The van der Waals surface area contributed by atoms with E-state index in [-0.39, 0.29) is 24.1 Å². The Morgan fingerprint density at radius 2 is 1.69 bits per heavy atom. The second kappa shape index (κ2) is 14.3. The SMILES string of the molecule is Cc1ccccc1-n1c(Cc2ccccc2)nnc1SCCCCC(=O)N1CCN(C(=O)c2cccc(C(F)(F)F)c2)C(C)C1. The van der Waals surface area contributed by atoms with Gasteiger partial charge in [0.1, 0.15) is 5.82 Å². The Bertz CT molecular complexity index is 1630. The number of carbonyl (C=O) groups excluding carboxylic acids is 2. The maximum Gasteiger partial charge on any atom is 0.416 e. The third kappa shape index (κ3) is 7.94. The largest absolute Gasteiger partial charge is 0.416 e. The van der Waals surface area contributed by atoms with E-state index in [0.717, 1.165) is 52.1 Å². The summed E-state index contributed by atoms with van der Waals surface area (Å²) in [4.78, 5) is 29.3. The van der Waals surface area contributed by atoms with Crippen LogP contribution in [0.5, 0.6) is 0 Å². The number of aryl methyl sites for hydroxylation is 1. The molecule has 0 saturated carbocycles. The molecule has 1 saturated heterocycles. The van der Waals surface area contributed by atoms with Crippen LogP contribution >= 0.6 is 11.8 Å². The molecule has 3 aromatic carbocycles. The summed E-state index contributed by atoms with van der Waals surface area (Å²) in [6.07, 6.45) is -1.95. The molecule has 2 heterocycles. The van der Waals surface area contributed by atoms with Gasteiger partial charge < -0.3 is 9.80 Å². The van der Waals surface area contributed by atoms with Crippen LogP contribution in [-0.2, 0) is 17.4 Å². The number of halogens is 3. The molecule has 236 valence electrons. The number of piperazine rings is 1. The van der Waals surface area contributed by atoms with Crippen LogP contribution in [0, 0.1) is 6.92 Å². The van der Waals surface area contributed by atoms with E-state index >= 15 is 0 Å². The fraction of sp³-hybridized carbons (Fsp3) is 0.353. The van der Waals surface area contributed by atoms with Crippen molar-refractivity contribution in [3.63, 3.8) is 0 Å². The topological polar surface area (TPSA) is 71.3 Å². The summed E-state index contributed by atoms with van der Waals surface area (Å²) in [5.41, 5.74) is 2.48. The lowest BCUT2D eigenvalue weighted by Crippen LogP contribution is -2.55. The molecule has 0 bridgehead atoms. The van der Waals surface area contributed by atoms with Gasteiger partial charge >= 0.3 is 6.18 Å². The Hall–Kier alpha value is -4.12. The smallest absolute Gasteiger partial charge is 0.339 e. The Morgan fingerprint density at radius 1 is 0.933 bits per heavy atom. The minimum atomic E-state index is -4.52. The van der Waals surface area contributed by atoms with E-state index < -0.39 is 17.6 Å². The molecule has 1 aliphatic heterocycles. The van der Waals surface area contributed by atoms with Gasteiger partial charge in [0.05, 0.1) is 11.3 Å². The average Bonchev–Trinajstić information content (AvgIpc) is 3.42. The fourth-order valence-corrected chi connectivity index (χ4v) is 6.49. The van der Waals surface area contributed by atoms with Crippen molar-refractivity contribution in [3.05, 3.63) is 107 Å². The quantitative estimate of drug-likeness (QED) is 0.141. The van der Waals surface area contributed by atoms with Gasteiger partial charge in [0.2, 0.25) is 5.91 Å². The van der Waals surface area contributed by atoms with Crippen LogP contribution in [-0.4, -0.2) is 67.8 Å². The highest BCUT2D eigenvalue weighted by atomic mass is 32.2. The number of hydrogen-bond donors (Lipinski definition) is 0. The molecule has 1 aromatic heterocycles. The van der Waals surface area contributed by atoms with Crippen LogP contribution in [0.3, 0.4) is 0 Å². The number of nitrogens with zero attached hydrogens (tertiary/aromatic N) is 5. The molecule has 0 radical (unpaired) electrons. The number of hydrogen-bond acceptors (Lipinski definition) is 5. The fourth-order valence-electron chi connectivity index (χ4n) is 5.52. The molecule has 1 fully saturated rings. The monoisotopic (exact) mass is 635 g/mol. The molecule has 1 aliphatic rings. The molecule has 11 heteroatoms. The second-order valence-electron chi connectivity index (χ2n) is 11.3. The van der Waals surface area contributed by atoms with Crippen LogP contribution in [0.1, 0.15) is 59.1 Å². The van der Waals surface area contributed by atoms with E-state index in [1.165, 1.54) is 12.1 Å².